The van der Waals surface area contributed by atoms with Crippen molar-refractivity contribution in [2.24, 2.45) is 0 Å². The Morgan fingerprint density at radius 2 is 1.93 bits per heavy atom. The Labute approximate surface area is 169 Å². The van der Waals surface area contributed by atoms with Gasteiger partial charge in [0.15, 0.2) is 0 Å². The number of likely N-dealkylation sites (N-methyl/N-ethyl adjacent to an activating group) is 1. The molecule has 1 fully saturated rings. The predicted molar refractivity (Wildman–Crippen MR) is 106 cm³/mol. The van der Waals surface area contributed by atoms with Gasteiger partial charge in [0.2, 0.25) is 0 Å². The summed E-state index contributed by atoms with van der Waals surface area (Å²) >= 11 is 3.39. The Balaban J connectivity index is 1.81. The number of benzene rings is 2. The van der Waals surface area contributed by atoms with Crippen LogP contribution in [-0.2, 0) is 11.4 Å². The van der Waals surface area contributed by atoms with Crippen molar-refractivity contribution in [3.05, 3.63) is 69.3 Å². The molecule has 0 atom stereocenters. The number of hydrogen-bond acceptors (Lipinski definition) is 4. The van der Waals surface area contributed by atoms with Gasteiger partial charge in [0.1, 0.15) is 18.1 Å². The number of carboxylic acid groups (broad SMARTS) is 1. The van der Waals surface area contributed by atoms with Crippen molar-refractivity contribution < 1.29 is 24.2 Å². The molecule has 0 spiro atoms. The van der Waals surface area contributed by atoms with Gasteiger partial charge in [-0.3, -0.25) is 9.69 Å². The van der Waals surface area contributed by atoms with E-state index in [0.29, 0.717) is 11.3 Å². The summed E-state index contributed by atoms with van der Waals surface area (Å²) in [4.78, 5) is 36.2. The first-order valence-electron chi connectivity index (χ1n) is 8.48. The van der Waals surface area contributed by atoms with Gasteiger partial charge in [-0.2, -0.15) is 0 Å². The summed E-state index contributed by atoms with van der Waals surface area (Å²) in [7, 11) is 0. The van der Waals surface area contributed by atoms with E-state index in [0.717, 1.165) is 14.9 Å². The summed E-state index contributed by atoms with van der Waals surface area (Å²) in [5.41, 5.74) is 1.81. The molecule has 7 nitrogen and oxygen atoms in total. The number of urea groups is 1. The van der Waals surface area contributed by atoms with Crippen molar-refractivity contribution in [1.82, 2.24) is 10.2 Å². The third-order valence-electron chi connectivity index (χ3n) is 4.15. The Bertz CT molecular complexity index is 969. The number of carboxylic acids is 1. The fourth-order valence-corrected chi connectivity index (χ4v) is 3.06. The second-order valence-electron chi connectivity index (χ2n) is 6.01. The van der Waals surface area contributed by atoms with Crippen LogP contribution >= 0.6 is 15.9 Å². The number of rotatable bonds is 6. The number of nitrogens with one attached hydrogen (secondary N) is 1. The maximum absolute atomic E-state index is 12.3. The lowest BCUT2D eigenvalue weighted by Crippen LogP contribution is -2.30. The zero-order valence-corrected chi connectivity index (χ0v) is 16.5. The van der Waals surface area contributed by atoms with Gasteiger partial charge in [0.05, 0.1) is 5.56 Å². The highest BCUT2D eigenvalue weighted by Crippen LogP contribution is 2.27. The molecule has 1 saturated heterocycles. The molecule has 1 aliphatic rings. The van der Waals surface area contributed by atoms with Gasteiger partial charge in [0, 0.05) is 16.6 Å². The SMILES string of the molecule is CCN1C(=O)NC(=Cc2cc(Br)ccc2OCc2ccc(C(=O)O)cc2)C1=O. The minimum absolute atomic E-state index is 0.181. The van der Waals surface area contributed by atoms with Crippen LogP contribution in [0.4, 0.5) is 4.79 Å². The molecule has 3 amide bonds. The Kier molecular flexibility index (Phi) is 5.79. The summed E-state index contributed by atoms with van der Waals surface area (Å²) in [5.74, 6) is -0.851. The van der Waals surface area contributed by atoms with E-state index in [4.69, 9.17) is 9.84 Å². The van der Waals surface area contributed by atoms with E-state index in [1.807, 2.05) is 0 Å². The third-order valence-corrected chi connectivity index (χ3v) is 4.64. The fourth-order valence-electron chi connectivity index (χ4n) is 2.68. The van der Waals surface area contributed by atoms with Gasteiger partial charge in [-0.15, -0.1) is 0 Å². The quantitative estimate of drug-likeness (QED) is 0.523. The van der Waals surface area contributed by atoms with Crippen LogP contribution in [0.2, 0.25) is 0 Å². The van der Waals surface area contributed by atoms with E-state index < -0.39 is 12.0 Å². The number of carbonyl (C=O) groups is 3. The maximum Gasteiger partial charge on any atom is 0.335 e. The summed E-state index contributed by atoms with van der Waals surface area (Å²) in [5, 5.41) is 11.5. The standard InChI is InChI=1S/C20H17BrN2O5/c1-2-23-18(24)16(22-20(23)27)10-14-9-15(21)7-8-17(14)28-11-12-3-5-13(6-4-12)19(25)26/h3-10H,2,11H2,1H3,(H,22,27)(H,25,26). The number of aromatic carboxylic acids is 1. The lowest BCUT2D eigenvalue weighted by molar-refractivity contribution is -0.122. The zero-order valence-electron chi connectivity index (χ0n) is 14.9. The van der Waals surface area contributed by atoms with Crippen LogP contribution in [0.5, 0.6) is 5.75 Å². The highest BCUT2D eigenvalue weighted by atomic mass is 79.9. The van der Waals surface area contributed by atoms with Gasteiger partial charge in [-0.1, -0.05) is 28.1 Å². The van der Waals surface area contributed by atoms with E-state index in [2.05, 4.69) is 21.2 Å². The minimum atomic E-state index is -0.987. The van der Waals surface area contributed by atoms with Gasteiger partial charge in [-0.05, 0) is 48.9 Å². The van der Waals surface area contributed by atoms with E-state index in [9.17, 15) is 14.4 Å². The normalized spacial score (nSPS) is 15.1. The number of hydrogen-bond donors (Lipinski definition) is 2. The molecule has 2 aromatic carbocycles. The molecule has 1 heterocycles. The minimum Gasteiger partial charge on any atom is -0.488 e. The second kappa shape index (κ2) is 8.26. The molecule has 0 aliphatic carbocycles. The van der Waals surface area contributed by atoms with E-state index in [1.165, 1.54) is 12.1 Å². The molecule has 1 aliphatic heterocycles. The summed E-state index contributed by atoms with van der Waals surface area (Å²) < 4.78 is 6.65. The predicted octanol–water partition coefficient (Wildman–Crippen LogP) is 3.64. The maximum atomic E-state index is 12.3. The van der Waals surface area contributed by atoms with E-state index in [1.54, 1.807) is 43.3 Å². The summed E-state index contributed by atoms with van der Waals surface area (Å²) in [6.45, 7) is 2.24. The van der Waals surface area contributed by atoms with E-state index in [-0.39, 0.29) is 30.3 Å². The summed E-state index contributed by atoms with van der Waals surface area (Å²) in [6.07, 6.45) is 1.57. The molecule has 2 aromatic rings. The zero-order chi connectivity index (χ0) is 20.3. The van der Waals surface area contributed by atoms with Crippen molar-refractivity contribution in [2.45, 2.75) is 13.5 Å². The van der Waals surface area contributed by atoms with Crippen LogP contribution in [0, 0.1) is 0 Å². The lowest BCUT2D eigenvalue weighted by atomic mass is 10.1. The molecule has 28 heavy (non-hydrogen) atoms. The van der Waals surface area contributed by atoms with Crippen LogP contribution in [0.25, 0.3) is 6.08 Å². The van der Waals surface area contributed by atoms with Gasteiger partial charge in [-0.25, -0.2) is 9.59 Å². The molecular weight excluding hydrogens is 428 g/mol. The second-order valence-corrected chi connectivity index (χ2v) is 6.93. The smallest absolute Gasteiger partial charge is 0.335 e. The number of carbonyl (C=O) groups excluding carboxylic acids is 2. The van der Waals surface area contributed by atoms with Crippen molar-refractivity contribution in [2.75, 3.05) is 6.54 Å². The molecule has 0 aromatic heterocycles. The van der Waals surface area contributed by atoms with Gasteiger partial charge >= 0.3 is 12.0 Å². The number of ether oxygens (including phenoxy) is 1. The number of imide groups is 1. The highest BCUT2D eigenvalue weighted by Gasteiger charge is 2.32. The molecule has 0 bridgehead atoms. The van der Waals surface area contributed by atoms with Crippen LogP contribution in [0.1, 0.15) is 28.4 Å². The largest absolute Gasteiger partial charge is 0.488 e. The van der Waals surface area contributed by atoms with Gasteiger partial charge in [0.25, 0.3) is 5.91 Å². The first kappa shape index (κ1) is 19.6. The third kappa shape index (κ3) is 4.23. The number of nitrogens with zero attached hydrogens (tertiary/aromatic N) is 1. The van der Waals surface area contributed by atoms with Crippen molar-refractivity contribution in [3.63, 3.8) is 0 Å². The molecular formula is C20H17BrN2O5. The van der Waals surface area contributed by atoms with E-state index >= 15 is 0 Å². The first-order valence-corrected chi connectivity index (χ1v) is 9.27. The van der Waals surface area contributed by atoms with Crippen LogP contribution < -0.4 is 10.1 Å². The lowest BCUT2D eigenvalue weighted by Gasteiger charge is -2.11. The van der Waals surface area contributed by atoms with Crippen molar-refractivity contribution in [3.8, 4) is 5.75 Å². The number of halogens is 1. The van der Waals surface area contributed by atoms with Gasteiger partial charge < -0.3 is 15.2 Å². The molecule has 2 N–H and O–H groups in total. The molecule has 0 radical (unpaired) electrons. The molecule has 0 unspecified atom stereocenters. The summed E-state index contributed by atoms with van der Waals surface area (Å²) in [6, 6.07) is 11.3. The van der Waals surface area contributed by atoms with Crippen molar-refractivity contribution in [1.29, 1.82) is 0 Å². The Morgan fingerprint density at radius 3 is 2.54 bits per heavy atom. The molecule has 0 saturated carbocycles. The molecule has 3 rings (SSSR count). The Morgan fingerprint density at radius 1 is 1.21 bits per heavy atom. The fraction of sp³-hybridized carbons (Fsp3) is 0.150. The first-order chi connectivity index (χ1) is 13.4. The number of amides is 3. The molecule has 8 heteroatoms. The van der Waals surface area contributed by atoms with Crippen LogP contribution in [0.3, 0.4) is 0 Å². The van der Waals surface area contributed by atoms with Crippen molar-refractivity contribution >= 4 is 39.9 Å². The molecule has 144 valence electrons. The van der Waals surface area contributed by atoms with Crippen LogP contribution in [0.15, 0.2) is 52.6 Å². The highest BCUT2D eigenvalue weighted by molar-refractivity contribution is 9.10. The average molecular weight is 445 g/mol. The monoisotopic (exact) mass is 444 g/mol. The average Bonchev–Trinajstić information content (AvgIpc) is 2.94. The van der Waals surface area contributed by atoms with Crippen LogP contribution in [-0.4, -0.2) is 34.5 Å². The topological polar surface area (TPSA) is 95.9 Å². The Hall–Kier alpha value is -3.13.